The first-order chi connectivity index (χ1) is 14.7. The molecule has 1 fully saturated rings. The first kappa shape index (κ1) is 21.6. The third-order valence-corrected chi connectivity index (χ3v) is 5.65. The second-order valence-corrected chi connectivity index (χ2v) is 8.33. The first-order valence-electron chi connectivity index (χ1n) is 9.56. The second kappa shape index (κ2) is 8.47. The molecule has 2 atom stereocenters. The van der Waals surface area contributed by atoms with Crippen LogP contribution in [0, 0.1) is 5.92 Å². The fraction of sp³-hybridized carbons (Fsp3) is 0.350. The van der Waals surface area contributed by atoms with E-state index in [2.05, 4.69) is 25.7 Å². The van der Waals surface area contributed by atoms with Crippen LogP contribution in [0.25, 0.3) is 11.4 Å². The van der Waals surface area contributed by atoms with Crippen molar-refractivity contribution in [3.8, 4) is 11.4 Å². The quantitative estimate of drug-likeness (QED) is 0.548. The van der Waals surface area contributed by atoms with Gasteiger partial charge in [-0.25, -0.2) is 13.8 Å². The highest BCUT2D eigenvalue weighted by atomic mass is 35.5. The molecule has 4 rings (SSSR count). The minimum absolute atomic E-state index is 0.118. The van der Waals surface area contributed by atoms with E-state index in [1.807, 2.05) is 0 Å². The second-order valence-electron chi connectivity index (χ2n) is 7.55. The molecule has 31 heavy (non-hydrogen) atoms. The van der Waals surface area contributed by atoms with Crippen LogP contribution in [0.5, 0.6) is 0 Å². The Kier molecular flexibility index (Phi) is 5.90. The molecule has 1 aliphatic rings. The SMILES string of the molecule is Cn1nnc(-c2ccc([C@@H](C(=O)Nc3cc(Cl)nc(Cl)c3)[C@H]3CCC(F)(F)C3)cc2)n1. The van der Waals surface area contributed by atoms with Gasteiger partial charge in [-0.05, 0) is 35.2 Å². The number of carbonyl (C=O) groups excluding carboxylic acids is 1. The van der Waals surface area contributed by atoms with Crippen molar-refractivity contribution in [1.29, 1.82) is 0 Å². The maximum atomic E-state index is 14.0. The van der Waals surface area contributed by atoms with Crippen molar-refractivity contribution >= 4 is 34.8 Å². The number of carbonyl (C=O) groups is 1. The van der Waals surface area contributed by atoms with Gasteiger partial charge in [-0.2, -0.15) is 4.80 Å². The van der Waals surface area contributed by atoms with E-state index in [9.17, 15) is 13.6 Å². The van der Waals surface area contributed by atoms with Crippen LogP contribution >= 0.6 is 23.2 Å². The summed E-state index contributed by atoms with van der Waals surface area (Å²) < 4.78 is 27.9. The van der Waals surface area contributed by atoms with E-state index < -0.39 is 23.7 Å². The highest BCUT2D eigenvalue weighted by Crippen LogP contribution is 2.46. The van der Waals surface area contributed by atoms with E-state index in [0.29, 0.717) is 22.6 Å². The summed E-state index contributed by atoms with van der Waals surface area (Å²) in [5.41, 5.74) is 1.68. The van der Waals surface area contributed by atoms with E-state index >= 15 is 0 Å². The Morgan fingerprint density at radius 1 is 1.23 bits per heavy atom. The number of anilines is 1. The third kappa shape index (κ3) is 4.99. The molecule has 1 saturated carbocycles. The minimum Gasteiger partial charge on any atom is -0.325 e. The highest BCUT2D eigenvalue weighted by molar-refractivity contribution is 6.33. The summed E-state index contributed by atoms with van der Waals surface area (Å²) in [7, 11) is 1.66. The van der Waals surface area contributed by atoms with Crippen molar-refractivity contribution in [3.63, 3.8) is 0 Å². The van der Waals surface area contributed by atoms with E-state index in [-0.39, 0.29) is 29.6 Å². The molecule has 0 saturated heterocycles. The average Bonchev–Trinajstić information content (AvgIpc) is 3.27. The summed E-state index contributed by atoms with van der Waals surface area (Å²) >= 11 is 11.8. The zero-order valence-corrected chi connectivity index (χ0v) is 17.9. The van der Waals surface area contributed by atoms with Gasteiger partial charge in [-0.15, -0.1) is 10.2 Å². The molecule has 0 spiro atoms. The Morgan fingerprint density at radius 2 is 1.90 bits per heavy atom. The Bertz CT molecular complexity index is 1090. The van der Waals surface area contributed by atoms with Crippen molar-refractivity contribution in [1.82, 2.24) is 25.2 Å². The average molecular weight is 467 g/mol. The van der Waals surface area contributed by atoms with Crippen molar-refractivity contribution in [3.05, 3.63) is 52.3 Å². The van der Waals surface area contributed by atoms with Gasteiger partial charge < -0.3 is 5.32 Å². The number of tetrazole rings is 1. The van der Waals surface area contributed by atoms with E-state index in [1.54, 1.807) is 31.3 Å². The van der Waals surface area contributed by atoms with E-state index in [0.717, 1.165) is 0 Å². The van der Waals surface area contributed by atoms with Gasteiger partial charge in [0.15, 0.2) is 0 Å². The molecule has 11 heteroatoms. The first-order valence-corrected chi connectivity index (χ1v) is 10.3. The van der Waals surface area contributed by atoms with Crippen LogP contribution in [0.2, 0.25) is 10.3 Å². The molecule has 1 aromatic carbocycles. The molecule has 1 N–H and O–H groups in total. The molecule has 1 aliphatic carbocycles. The number of hydrogen-bond acceptors (Lipinski definition) is 5. The van der Waals surface area contributed by atoms with Gasteiger partial charge in [-0.1, -0.05) is 47.5 Å². The fourth-order valence-corrected chi connectivity index (χ4v) is 4.36. The molecule has 1 amide bonds. The number of benzene rings is 1. The largest absolute Gasteiger partial charge is 0.325 e. The zero-order valence-electron chi connectivity index (χ0n) is 16.4. The van der Waals surface area contributed by atoms with Crippen LogP contribution in [0.1, 0.15) is 30.7 Å². The van der Waals surface area contributed by atoms with Gasteiger partial charge >= 0.3 is 0 Å². The number of rotatable bonds is 5. The monoisotopic (exact) mass is 466 g/mol. The number of alkyl halides is 2. The molecule has 0 radical (unpaired) electrons. The third-order valence-electron chi connectivity index (χ3n) is 5.26. The molecular formula is C20H18Cl2F2N6O. The molecule has 2 aromatic heterocycles. The van der Waals surface area contributed by atoms with E-state index in [1.165, 1.54) is 16.9 Å². The van der Waals surface area contributed by atoms with Gasteiger partial charge in [0.25, 0.3) is 0 Å². The molecule has 162 valence electrons. The number of nitrogens with zero attached hydrogens (tertiary/aromatic N) is 5. The maximum absolute atomic E-state index is 14.0. The van der Waals surface area contributed by atoms with Crippen LogP contribution in [0.3, 0.4) is 0 Å². The van der Waals surface area contributed by atoms with Gasteiger partial charge in [0.05, 0.1) is 13.0 Å². The number of pyridine rings is 1. The number of hydrogen-bond donors (Lipinski definition) is 1. The fourth-order valence-electron chi connectivity index (χ4n) is 3.90. The lowest BCUT2D eigenvalue weighted by molar-refractivity contribution is -0.118. The van der Waals surface area contributed by atoms with Gasteiger partial charge in [-0.3, -0.25) is 4.79 Å². The predicted octanol–water partition coefficient (Wildman–Crippen LogP) is 4.74. The van der Waals surface area contributed by atoms with Crippen molar-refractivity contribution in [2.75, 3.05) is 5.32 Å². The minimum atomic E-state index is -2.78. The number of aromatic nitrogens is 5. The number of nitrogens with one attached hydrogen (secondary N) is 1. The summed E-state index contributed by atoms with van der Waals surface area (Å²) in [5, 5.41) is 14.9. The summed E-state index contributed by atoms with van der Waals surface area (Å²) in [6, 6.07) is 9.88. The van der Waals surface area contributed by atoms with Crippen molar-refractivity contribution in [2.24, 2.45) is 13.0 Å². The van der Waals surface area contributed by atoms with Crippen LogP contribution in [0.4, 0.5) is 14.5 Å². The Balaban J connectivity index is 1.63. The lowest BCUT2D eigenvalue weighted by Crippen LogP contribution is -2.27. The standard InChI is InChI=1S/C20H18Cl2F2N6O/c1-30-28-18(27-29-30)12-4-2-11(3-5-12)17(13-6-7-20(23,24)10-13)19(31)25-14-8-15(21)26-16(22)9-14/h2-5,8-9,13,17H,6-7,10H2,1H3,(H,25,26,31)/t13-,17+/m0/s1. The maximum Gasteiger partial charge on any atom is 0.248 e. The molecule has 7 nitrogen and oxygen atoms in total. The molecule has 0 bridgehead atoms. The lowest BCUT2D eigenvalue weighted by Gasteiger charge is -2.23. The molecule has 0 aliphatic heterocycles. The molecule has 2 heterocycles. The van der Waals surface area contributed by atoms with Crippen LogP contribution in [-0.2, 0) is 11.8 Å². The highest BCUT2D eigenvalue weighted by Gasteiger charge is 2.45. The van der Waals surface area contributed by atoms with Gasteiger partial charge in [0.2, 0.25) is 17.7 Å². The molecule has 0 unspecified atom stereocenters. The Morgan fingerprint density at radius 3 is 2.45 bits per heavy atom. The smallest absolute Gasteiger partial charge is 0.248 e. The zero-order chi connectivity index (χ0) is 22.2. The molecular weight excluding hydrogens is 449 g/mol. The summed E-state index contributed by atoms with van der Waals surface area (Å²) in [4.78, 5) is 18.4. The Labute approximate surface area is 186 Å². The topological polar surface area (TPSA) is 85.6 Å². The van der Waals surface area contributed by atoms with Crippen LogP contribution < -0.4 is 5.32 Å². The van der Waals surface area contributed by atoms with Crippen LogP contribution in [-0.4, -0.2) is 37.0 Å². The van der Waals surface area contributed by atoms with Crippen molar-refractivity contribution in [2.45, 2.75) is 31.1 Å². The summed E-state index contributed by atoms with van der Waals surface area (Å²) in [5.74, 6) is -4.04. The van der Waals surface area contributed by atoms with E-state index in [4.69, 9.17) is 23.2 Å². The van der Waals surface area contributed by atoms with Crippen LogP contribution in [0.15, 0.2) is 36.4 Å². The number of amides is 1. The normalized spacial score (nSPS) is 18.7. The number of aryl methyl sites for hydroxylation is 1. The van der Waals surface area contributed by atoms with Crippen molar-refractivity contribution < 1.29 is 13.6 Å². The summed E-state index contributed by atoms with van der Waals surface area (Å²) in [6.45, 7) is 0. The predicted molar refractivity (Wildman–Crippen MR) is 112 cm³/mol. The Hall–Kier alpha value is -2.65. The lowest BCUT2D eigenvalue weighted by atomic mass is 9.83. The number of halogens is 4. The van der Waals surface area contributed by atoms with Gasteiger partial charge in [0, 0.05) is 24.1 Å². The molecule has 3 aromatic rings. The summed E-state index contributed by atoms with van der Waals surface area (Å²) in [6.07, 6.45) is -0.344. The van der Waals surface area contributed by atoms with Gasteiger partial charge in [0.1, 0.15) is 10.3 Å².